The van der Waals surface area contributed by atoms with Crippen LogP contribution in [0.25, 0.3) is 0 Å². The third-order valence-electron chi connectivity index (χ3n) is 1.32. The molecule has 1 saturated carbocycles. The number of rotatable bonds is 0. The van der Waals surface area contributed by atoms with Crippen molar-refractivity contribution >= 4 is 6.47 Å². The van der Waals surface area contributed by atoms with E-state index in [1.807, 2.05) is 0 Å². The van der Waals surface area contributed by atoms with Crippen LogP contribution < -0.4 is 0 Å². The maximum atomic E-state index is 8.73. The summed E-state index contributed by atoms with van der Waals surface area (Å²) in [4.78, 5) is 8.36. The van der Waals surface area contributed by atoms with Crippen LogP contribution in [-0.4, -0.2) is 22.8 Å². The first kappa shape index (κ1) is 8.43. The number of aliphatic hydroxyl groups excluding tert-OH is 1. The standard InChI is InChI=1S/C5H10O.CH2O2/c6-5-3-1-2-4-5;2-1-3/h5-6H,1-4H2;1H,(H,2,3). The Morgan fingerprint density at radius 3 is 1.78 bits per heavy atom. The smallest absolute Gasteiger partial charge is 0.290 e. The molecular weight excluding hydrogens is 120 g/mol. The second kappa shape index (κ2) is 5.56. The van der Waals surface area contributed by atoms with E-state index in [-0.39, 0.29) is 12.6 Å². The molecule has 54 valence electrons. The highest BCUT2D eigenvalue weighted by Crippen LogP contribution is 2.16. The van der Waals surface area contributed by atoms with E-state index in [0.717, 1.165) is 12.8 Å². The average molecular weight is 132 g/mol. The van der Waals surface area contributed by atoms with Gasteiger partial charge in [-0.2, -0.15) is 0 Å². The van der Waals surface area contributed by atoms with E-state index in [2.05, 4.69) is 0 Å². The lowest BCUT2D eigenvalue weighted by molar-refractivity contribution is -0.122. The molecule has 0 atom stereocenters. The molecule has 1 aliphatic rings. The van der Waals surface area contributed by atoms with E-state index in [1.54, 1.807) is 0 Å². The van der Waals surface area contributed by atoms with E-state index >= 15 is 0 Å². The van der Waals surface area contributed by atoms with Gasteiger partial charge in [-0.3, -0.25) is 4.79 Å². The van der Waals surface area contributed by atoms with Crippen LogP contribution in [0.1, 0.15) is 25.7 Å². The molecule has 0 spiro atoms. The molecule has 0 aliphatic heterocycles. The Morgan fingerprint density at radius 1 is 1.33 bits per heavy atom. The number of carbonyl (C=O) groups is 1. The highest BCUT2D eigenvalue weighted by atomic mass is 16.3. The molecule has 1 fully saturated rings. The molecule has 0 heterocycles. The van der Waals surface area contributed by atoms with Crippen LogP contribution in [0.15, 0.2) is 0 Å². The first-order valence-corrected chi connectivity index (χ1v) is 3.07. The summed E-state index contributed by atoms with van der Waals surface area (Å²) < 4.78 is 0. The zero-order valence-electron chi connectivity index (χ0n) is 5.29. The molecule has 0 aromatic carbocycles. The minimum Gasteiger partial charge on any atom is -0.483 e. The molecule has 0 amide bonds. The summed E-state index contributed by atoms with van der Waals surface area (Å²) >= 11 is 0. The second-order valence-electron chi connectivity index (χ2n) is 2.04. The highest BCUT2D eigenvalue weighted by molar-refractivity contribution is 5.32. The van der Waals surface area contributed by atoms with Crippen LogP contribution in [0, 0.1) is 0 Å². The first-order valence-electron chi connectivity index (χ1n) is 3.07. The van der Waals surface area contributed by atoms with Crippen molar-refractivity contribution in [2.75, 3.05) is 0 Å². The Bertz CT molecular complexity index is 66.7. The fourth-order valence-corrected chi connectivity index (χ4v) is 0.904. The maximum Gasteiger partial charge on any atom is 0.290 e. The molecule has 1 aliphatic carbocycles. The number of hydrogen-bond acceptors (Lipinski definition) is 2. The van der Waals surface area contributed by atoms with Gasteiger partial charge in [0, 0.05) is 0 Å². The van der Waals surface area contributed by atoms with Crippen LogP contribution in [0.4, 0.5) is 0 Å². The maximum absolute atomic E-state index is 8.73. The lowest BCUT2D eigenvalue weighted by Crippen LogP contribution is -1.94. The van der Waals surface area contributed by atoms with Gasteiger partial charge in [0.1, 0.15) is 0 Å². The van der Waals surface area contributed by atoms with Gasteiger partial charge >= 0.3 is 0 Å². The van der Waals surface area contributed by atoms with Crippen molar-refractivity contribution in [3.8, 4) is 0 Å². The first-order chi connectivity index (χ1) is 4.31. The minimum atomic E-state index is -0.250. The number of hydrogen-bond donors (Lipinski definition) is 2. The molecule has 3 nitrogen and oxygen atoms in total. The quantitative estimate of drug-likeness (QED) is 0.475. The predicted molar refractivity (Wildman–Crippen MR) is 33.2 cm³/mol. The summed E-state index contributed by atoms with van der Waals surface area (Å²) in [6.45, 7) is -0.250. The van der Waals surface area contributed by atoms with Crippen molar-refractivity contribution in [1.29, 1.82) is 0 Å². The van der Waals surface area contributed by atoms with E-state index in [9.17, 15) is 0 Å². The molecule has 0 bridgehead atoms. The van der Waals surface area contributed by atoms with E-state index in [1.165, 1.54) is 12.8 Å². The lowest BCUT2D eigenvalue weighted by Gasteiger charge is -1.91. The third-order valence-corrected chi connectivity index (χ3v) is 1.32. The normalized spacial score (nSPS) is 18.3. The van der Waals surface area contributed by atoms with Gasteiger partial charge in [0.2, 0.25) is 0 Å². The van der Waals surface area contributed by atoms with E-state index in [4.69, 9.17) is 15.0 Å². The van der Waals surface area contributed by atoms with Crippen molar-refractivity contribution in [3.63, 3.8) is 0 Å². The van der Waals surface area contributed by atoms with Gasteiger partial charge in [-0.05, 0) is 12.8 Å². The number of carboxylic acid groups (broad SMARTS) is 1. The fourth-order valence-electron chi connectivity index (χ4n) is 0.904. The molecule has 0 aromatic heterocycles. The van der Waals surface area contributed by atoms with Crippen molar-refractivity contribution in [2.24, 2.45) is 0 Å². The second-order valence-corrected chi connectivity index (χ2v) is 2.04. The van der Waals surface area contributed by atoms with E-state index < -0.39 is 0 Å². The molecule has 0 saturated heterocycles. The van der Waals surface area contributed by atoms with E-state index in [0.29, 0.717) is 0 Å². The Morgan fingerprint density at radius 2 is 1.67 bits per heavy atom. The van der Waals surface area contributed by atoms with Gasteiger partial charge in [-0.25, -0.2) is 0 Å². The van der Waals surface area contributed by atoms with Gasteiger partial charge in [0.05, 0.1) is 6.10 Å². The molecule has 0 radical (unpaired) electrons. The Labute approximate surface area is 54.3 Å². The minimum absolute atomic E-state index is 0.0463. The van der Waals surface area contributed by atoms with Crippen LogP contribution in [0.2, 0.25) is 0 Å². The summed E-state index contributed by atoms with van der Waals surface area (Å²) in [5.74, 6) is 0. The summed E-state index contributed by atoms with van der Waals surface area (Å²) in [7, 11) is 0. The Balaban J connectivity index is 0.000000187. The van der Waals surface area contributed by atoms with Gasteiger partial charge in [0.15, 0.2) is 0 Å². The summed E-state index contributed by atoms with van der Waals surface area (Å²) in [6.07, 6.45) is 4.60. The predicted octanol–water partition coefficient (Wildman–Crippen LogP) is 0.622. The molecule has 3 heteroatoms. The van der Waals surface area contributed by atoms with Crippen molar-refractivity contribution in [3.05, 3.63) is 0 Å². The number of aliphatic hydroxyl groups is 1. The fraction of sp³-hybridized carbons (Fsp3) is 0.833. The summed E-state index contributed by atoms with van der Waals surface area (Å²) in [5.41, 5.74) is 0. The molecule has 1 rings (SSSR count). The van der Waals surface area contributed by atoms with Gasteiger partial charge in [0.25, 0.3) is 6.47 Å². The molecular formula is C6H12O3. The summed E-state index contributed by atoms with van der Waals surface area (Å²) in [5, 5.41) is 15.6. The molecule has 0 unspecified atom stereocenters. The largest absolute Gasteiger partial charge is 0.483 e. The summed E-state index contributed by atoms with van der Waals surface area (Å²) in [6, 6.07) is 0. The molecule has 9 heavy (non-hydrogen) atoms. The van der Waals surface area contributed by atoms with Crippen LogP contribution in [-0.2, 0) is 4.79 Å². The lowest BCUT2D eigenvalue weighted by atomic mass is 10.3. The average Bonchev–Trinajstić information content (AvgIpc) is 2.20. The topological polar surface area (TPSA) is 57.5 Å². The van der Waals surface area contributed by atoms with Gasteiger partial charge in [-0.1, -0.05) is 12.8 Å². The Hall–Kier alpha value is -0.570. The Kier molecular flexibility index (Phi) is 5.21. The van der Waals surface area contributed by atoms with Crippen molar-refractivity contribution in [1.82, 2.24) is 0 Å². The van der Waals surface area contributed by atoms with Crippen LogP contribution >= 0.6 is 0 Å². The van der Waals surface area contributed by atoms with Crippen LogP contribution in [0.3, 0.4) is 0 Å². The molecule has 0 aromatic rings. The third kappa shape index (κ3) is 5.30. The highest BCUT2D eigenvalue weighted by Gasteiger charge is 2.09. The van der Waals surface area contributed by atoms with Crippen molar-refractivity contribution in [2.45, 2.75) is 31.8 Å². The zero-order valence-corrected chi connectivity index (χ0v) is 5.29. The van der Waals surface area contributed by atoms with Gasteiger partial charge in [-0.15, -0.1) is 0 Å². The van der Waals surface area contributed by atoms with Crippen LogP contribution in [0.5, 0.6) is 0 Å². The SMILES string of the molecule is O=CO.OC1CCCC1. The molecule has 2 N–H and O–H groups in total. The van der Waals surface area contributed by atoms with Gasteiger partial charge < -0.3 is 10.2 Å². The zero-order chi connectivity index (χ0) is 7.11. The monoisotopic (exact) mass is 132 g/mol. The van der Waals surface area contributed by atoms with Crippen molar-refractivity contribution < 1.29 is 15.0 Å².